The van der Waals surface area contributed by atoms with Gasteiger partial charge in [-0.25, -0.2) is 4.98 Å². The third kappa shape index (κ3) is 5.64. The molecule has 2 N–H and O–H groups in total. The van der Waals surface area contributed by atoms with E-state index in [0.29, 0.717) is 42.8 Å². The van der Waals surface area contributed by atoms with Crippen molar-refractivity contribution in [2.24, 2.45) is 0 Å². The molecule has 0 saturated carbocycles. The SMILES string of the molecule is CC(NCCCn1cnc2ccccc2c1=O)C(O)c1ccc(OCCCF)cc1. The summed E-state index contributed by atoms with van der Waals surface area (Å²) in [6.07, 6.45) is 2.01. The zero-order chi connectivity index (χ0) is 21.3. The topological polar surface area (TPSA) is 76.4 Å². The Balaban J connectivity index is 1.47. The molecule has 3 rings (SSSR count). The van der Waals surface area contributed by atoms with Gasteiger partial charge in [0.05, 0.1) is 36.6 Å². The first-order chi connectivity index (χ1) is 14.6. The molecule has 0 bridgehead atoms. The van der Waals surface area contributed by atoms with E-state index in [-0.39, 0.29) is 11.6 Å². The minimum absolute atomic E-state index is 0.0393. The fraction of sp³-hybridized carbons (Fsp3) is 0.391. The molecule has 2 unspecified atom stereocenters. The highest BCUT2D eigenvalue weighted by Crippen LogP contribution is 2.20. The lowest BCUT2D eigenvalue weighted by molar-refractivity contribution is 0.135. The highest BCUT2D eigenvalue weighted by Gasteiger charge is 2.15. The van der Waals surface area contributed by atoms with Crippen LogP contribution in [0.25, 0.3) is 10.9 Å². The number of nitrogens with zero attached hydrogens (tertiary/aromatic N) is 2. The van der Waals surface area contributed by atoms with Crippen molar-refractivity contribution in [3.63, 3.8) is 0 Å². The Labute approximate surface area is 175 Å². The first-order valence-corrected chi connectivity index (χ1v) is 10.2. The van der Waals surface area contributed by atoms with Crippen molar-refractivity contribution in [1.29, 1.82) is 0 Å². The molecule has 7 heteroatoms. The van der Waals surface area contributed by atoms with Crippen LogP contribution in [-0.4, -0.2) is 40.5 Å². The third-order valence-electron chi connectivity index (χ3n) is 5.02. The van der Waals surface area contributed by atoms with Gasteiger partial charge >= 0.3 is 0 Å². The normalized spacial score (nSPS) is 13.3. The van der Waals surface area contributed by atoms with Crippen molar-refractivity contribution >= 4 is 10.9 Å². The summed E-state index contributed by atoms with van der Waals surface area (Å²) in [6, 6.07) is 14.3. The van der Waals surface area contributed by atoms with E-state index in [4.69, 9.17) is 4.74 Å². The number of aromatic nitrogens is 2. The van der Waals surface area contributed by atoms with E-state index in [2.05, 4.69) is 10.3 Å². The van der Waals surface area contributed by atoms with Crippen LogP contribution in [0.5, 0.6) is 5.75 Å². The van der Waals surface area contributed by atoms with Gasteiger partial charge in [0, 0.05) is 19.0 Å². The molecule has 1 aromatic heterocycles. The number of halogens is 1. The largest absolute Gasteiger partial charge is 0.494 e. The lowest BCUT2D eigenvalue weighted by atomic mass is 10.0. The quantitative estimate of drug-likeness (QED) is 0.472. The van der Waals surface area contributed by atoms with Gasteiger partial charge in [0.2, 0.25) is 0 Å². The molecule has 0 saturated heterocycles. The Kier molecular flexibility index (Phi) is 7.93. The summed E-state index contributed by atoms with van der Waals surface area (Å²) >= 11 is 0. The molecule has 0 radical (unpaired) electrons. The number of benzene rings is 2. The number of para-hydroxylation sites is 1. The highest BCUT2D eigenvalue weighted by atomic mass is 19.1. The van der Waals surface area contributed by atoms with Crippen molar-refractivity contribution in [3.05, 3.63) is 70.8 Å². The number of aliphatic hydroxyl groups excluding tert-OH is 1. The summed E-state index contributed by atoms with van der Waals surface area (Å²) in [6.45, 7) is 3.07. The van der Waals surface area contributed by atoms with E-state index in [0.717, 1.165) is 12.0 Å². The van der Waals surface area contributed by atoms with Crippen LogP contribution < -0.4 is 15.6 Å². The zero-order valence-corrected chi connectivity index (χ0v) is 17.1. The predicted molar refractivity (Wildman–Crippen MR) is 116 cm³/mol. The molecular formula is C23H28FN3O3. The summed E-state index contributed by atoms with van der Waals surface area (Å²) in [5.41, 5.74) is 1.44. The number of nitrogens with one attached hydrogen (secondary N) is 1. The summed E-state index contributed by atoms with van der Waals surface area (Å²) in [4.78, 5) is 16.8. The molecule has 30 heavy (non-hydrogen) atoms. The average molecular weight is 413 g/mol. The van der Waals surface area contributed by atoms with Crippen LogP contribution in [0.15, 0.2) is 59.7 Å². The minimum atomic E-state index is -0.671. The van der Waals surface area contributed by atoms with E-state index < -0.39 is 12.8 Å². The number of aryl methyl sites for hydroxylation is 1. The highest BCUT2D eigenvalue weighted by molar-refractivity contribution is 5.76. The molecule has 2 aromatic carbocycles. The number of hydrogen-bond donors (Lipinski definition) is 2. The number of rotatable bonds is 11. The van der Waals surface area contributed by atoms with Crippen LogP contribution >= 0.6 is 0 Å². The van der Waals surface area contributed by atoms with Crippen LogP contribution in [0.1, 0.15) is 31.4 Å². The minimum Gasteiger partial charge on any atom is -0.494 e. The second kappa shape index (κ2) is 10.8. The average Bonchev–Trinajstić information content (AvgIpc) is 2.78. The Hall–Kier alpha value is -2.77. The second-order valence-electron chi connectivity index (χ2n) is 7.26. The van der Waals surface area contributed by atoms with E-state index in [9.17, 15) is 14.3 Å². The van der Waals surface area contributed by atoms with Crippen molar-refractivity contribution in [1.82, 2.24) is 14.9 Å². The van der Waals surface area contributed by atoms with Gasteiger partial charge in [-0.2, -0.15) is 0 Å². The lowest BCUT2D eigenvalue weighted by Crippen LogP contribution is -2.33. The molecule has 0 fully saturated rings. The zero-order valence-electron chi connectivity index (χ0n) is 17.1. The predicted octanol–water partition coefficient (Wildman–Crippen LogP) is 3.24. The third-order valence-corrected chi connectivity index (χ3v) is 5.02. The molecule has 0 aliphatic rings. The van der Waals surface area contributed by atoms with Gasteiger partial charge in [-0.3, -0.25) is 13.8 Å². The molecule has 0 spiro atoms. The van der Waals surface area contributed by atoms with Gasteiger partial charge in [0.1, 0.15) is 5.75 Å². The fourth-order valence-corrected chi connectivity index (χ4v) is 3.25. The maximum Gasteiger partial charge on any atom is 0.261 e. The Morgan fingerprint density at radius 2 is 1.93 bits per heavy atom. The Morgan fingerprint density at radius 3 is 2.70 bits per heavy atom. The Bertz CT molecular complexity index is 991. The molecule has 0 amide bonds. The monoisotopic (exact) mass is 413 g/mol. The van der Waals surface area contributed by atoms with Gasteiger partial charge < -0.3 is 15.2 Å². The van der Waals surface area contributed by atoms with E-state index in [1.807, 2.05) is 37.3 Å². The molecule has 3 aromatic rings. The summed E-state index contributed by atoms with van der Waals surface area (Å²) in [5.74, 6) is 0.662. The molecule has 160 valence electrons. The van der Waals surface area contributed by atoms with Gasteiger partial charge in [-0.05, 0) is 49.7 Å². The second-order valence-corrected chi connectivity index (χ2v) is 7.26. The van der Waals surface area contributed by atoms with Gasteiger partial charge in [0.25, 0.3) is 5.56 Å². The maximum atomic E-state index is 12.5. The summed E-state index contributed by atoms with van der Waals surface area (Å²) in [5, 5.41) is 14.5. The molecule has 6 nitrogen and oxygen atoms in total. The van der Waals surface area contributed by atoms with Crippen molar-refractivity contribution < 1.29 is 14.2 Å². The molecule has 0 aliphatic carbocycles. The number of hydrogen-bond acceptors (Lipinski definition) is 5. The lowest BCUT2D eigenvalue weighted by Gasteiger charge is -2.21. The van der Waals surface area contributed by atoms with E-state index in [1.165, 1.54) is 0 Å². The van der Waals surface area contributed by atoms with Crippen LogP contribution in [0, 0.1) is 0 Å². The first kappa shape index (κ1) is 21.9. The number of aliphatic hydroxyl groups is 1. The fourth-order valence-electron chi connectivity index (χ4n) is 3.25. The first-order valence-electron chi connectivity index (χ1n) is 10.2. The van der Waals surface area contributed by atoms with E-state index >= 15 is 0 Å². The number of ether oxygens (including phenoxy) is 1. The number of fused-ring (bicyclic) bond motifs is 1. The van der Waals surface area contributed by atoms with Crippen LogP contribution in [0.3, 0.4) is 0 Å². The summed E-state index contributed by atoms with van der Waals surface area (Å²) in [7, 11) is 0. The smallest absolute Gasteiger partial charge is 0.261 e. The molecule has 1 heterocycles. The standard InChI is InChI=1S/C23H28FN3O3/c1-17(22(28)18-8-10-19(11-9-18)30-15-4-12-24)25-13-5-14-27-16-26-21-7-3-2-6-20(21)23(27)29/h2-3,6-11,16-17,22,25,28H,4-5,12-15H2,1H3. The maximum absolute atomic E-state index is 12.5. The van der Waals surface area contributed by atoms with Crippen LogP contribution in [0.4, 0.5) is 4.39 Å². The van der Waals surface area contributed by atoms with Crippen molar-refractivity contribution in [2.45, 2.75) is 38.5 Å². The van der Waals surface area contributed by atoms with Crippen LogP contribution in [0.2, 0.25) is 0 Å². The van der Waals surface area contributed by atoms with Gasteiger partial charge in [-0.15, -0.1) is 0 Å². The van der Waals surface area contributed by atoms with Gasteiger partial charge in [0.15, 0.2) is 0 Å². The van der Waals surface area contributed by atoms with Gasteiger partial charge in [-0.1, -0.05) is 24.3 Å². The summed E-state index contributed by atoms with van der Waals surface area (Å²) < 4.78 is 19.2. The van der Waals surface area contributed by atoms with Crippen LogP contribution in [-0.2, 0) is 6.54 Å². The van der Waals surface area contributed by atoms with Crippen molar-refractivity contribution in [2.75, 3.05) is 19.8 Å². The van der Waals surface area contributed by atoms with E-state index in [1.54, 1.807) is 29.1 Å². The molecule has 2 atom stereocenters. The number of alkyl halides is 1. The molecule has 0 aliphatic heterocycles. The Morgan fingerprint density at radius 1 is 1.17 bits per heavy atom. The van der Waals surface area contributed by atoms with Crippen molar-refractivity contribution in [3.8, 4) is 5.75 Å². The molecular weight excluding hydrogens is 385 g/mol.